The molecule has 0 saturated heterocycles. The SMILES string of the molecule is CC(C)N(CCO)c1cc(CN)ccn1. The van der Waals surface area contributed by atoms with Crippen LogP contribution in [0.4, 0.5) is 5.82 Å². The molecule has 0 atom stereocenters. The summed E-state index contributed by atoms with van der Waals surface area (Å²) in [4.78, 5) is 6.34. The van der Waals surface area contributed by atoms with Gasteiger partial charge in [-0.3, -0.25) is 0 Å². The molecular formula is C11H19N3O. The summed E-state index contributed by atoms with van der Waals surface area (Å²) in [6, 6.07) is 4.19. The van der Waals surface area contributed by atoms with Crippen LogP contribution in [0.25, 0.3) is 0 Å². The van der Waals surface area contributed by atoms with Gasteiger partial charge in [0.1, 0.15) is 5.82 Å². The Kier molecular flexibility index (Phi) is 4.52. The average Bonchev–Trinajstić information content (AvgIpc) is 2.25. The van der Waals surface area contributed by atoms with Gasteiger partial charge < -0.3 is 15.7 Å². The third-order valence-corrected chi connectivity index (χ3v) is 2.30. The number of nitrogens with two attached hydrogens (primary N) is 1. The lowest BCUT2D eigenvalue weighted by Gasteiger charge is -2.27. The normalized spacial score (nSPS) is 10.7. The number of hydrogen-bond acceptors (Lipinski definition) is 4. The summed E-state index contributed by atoms with van der Waals surface area (Å²) in [7, 11) is 0. The van der Waals surface area contributed by atoms with Crippen LogP contribution in [0.3, 0.4) is 0 Å². The molecular weight excluding hydrogens is 190 g/mol. The maximum Gasteiger partial charge on any atom is 0.129 e. The first-order valence-corrected chi connectivity index (χ1v) is 5.21. The van der Waals surface area contributed by atoms with E-state index in [1.54, 1.807) is 6.20 Å². The maximum absolute atomic E-state index is 8.98. The molecule has 0 aliphatic carbocycles. The fourth-order valence-corrected chi connectivity index (χ4v) is 1.49. The highest BCUT2D eigenvalue weighted by atomic mass is 16.3. The third-order valence-electron chi connectivity index (χ3n) is 2.30. The second kappa shape index (κ2) is 5.68. The minimum atomic E-state index is 0.132. The highest BCUT2D eigenvalue weighted by molar-refractivity contribution is 5.41. The molecule has 1 heterocycles. The van der Waals surface area contributed by atoms with Crippen LogP contribution in [0.1, 0.15) is 19.4 Å². The van der Waals surface area contributed by atoms with E-state index in [9.17, 15) is 0 Å². The minimum absolute atomic E-state index is 0.132. The van der Waals surface area contributed by atoms with E-state index >= 15 is 0 Å². The van der Waals surface area contributed by atoms with Crippen molar-refractivity contribution in [1.82, 2.24) is 4.98 Å². The highest BCUT2D eigenvalue weighted by Crippen LogP contribution is 2.14. The summed E-state index contributed by atoms with van der Waals surface area (Å²) in [5, 5.41) is 8.98. The first-order chi connectivity index (χ1) is 7.19. The number of rotatable bonds is 5. The predicted octanol–water partition coefficient (Wildman–Crippen LogP) is 0.747. The van der Waals surface area contributed by atoms with Crippen molar-refractivity contribution in [3.05, 3.63) is 23.9 Å². The maximum atomic E-state index is 8.98. The number of aromatic nitrogens is 1. The topological polar surface area (TPSA) is 62.4 Å². The van der Waals surface area contributed by atoms with Gasteiger partial charge in [0.2, 0.25) is 0 Å². The molecule has 0 amide bonds. The molecule has 4 nitrogen and oxygen atoms in total. The standard InChI is InChI=1S/C11H19N3O/c1-9(2)14(5-6-15)11-7-10(8-12)3-4-13-11/h3-4,7,9,15H,5-6,8,12H2,1-2H3. The molecule has 3 N–H and O–H groups in total. The predicted molar refractivity (Wildman–Crippen MR) is 61.7 cm³/mol. The van der Waals surface area contributed by atoms with E-state index in [0.29, 0.717) is 19.1 Å². The van der Waals surface area contributed by atoms with Gasteiger partial charge in [-0.05, 0) is 31.5 Å². The molecule has 0 aromatic carbocycles. The molecule has 0 unspecified atom stereocenters. The van der Waals surface area contributed by atoms with Crippen molar-refractivity contribution >= 4 is 5.82 Å². The minimum Gasteiger partial charge on any atom is -0.395 e. The van der Waals surface area contributed by atoms with Gasteiger partial charge in [0.15, 0.2) is 0 Å². The zero-order valence-corrected chi connectivity index (χ0v) is 9.35. The quantitative estimate of drug-likeness (QED) is 0.751. The molecule has 1 rings (SSSR count). The zero-order valence-electron chi connectivity index (χ0n) is 9.35. The fourth-order valence-electron chi connectivity index (χ4n) is 1.49. The molecule has 0 fully saturated rings. The molecule has 0 spiro atoms. The van der Waals surface area contributed by atoms with Crippen LogP contribution in [-0.4, -0.2) is 29.3 Å². The van der Waals surface area contributed by atoms with Crippen molar-refractivity contribution < 1.29 is 5.11 Å². The first kappa shape index (κ1) is 11.9. The molecule has 0 bridgehead atoms. The van der Waals surface area contributed by atoms with Gasteiger partial charge in [0, 0.05) is 25.3 Å². The van der Waals surface area contributed by atoms with E-state index in [0.717, 1.165) is 11.4 Å². The number of anilines is 1. The Labute approximate surface area is 90.7 Å². The second-order valence-electron chi connectivity index (χ2n) is 3.74. The zero-order chi connectivity index (χ0) is 11.3. The van der Waals surface area contributed by atoms with Gasteiger partial charge >= 0.3 is 0 Å². The largest absolute Gasteiger partial charge is 0.395 e. The van der Waals surface area contributed by atoms with Crippen LogP contribution >= 0.6 is 0 Å². The lowest BCUT2D eigenvalue weighted by Crippen LogP contribution is -2.34. The van der Waals surface area contributed by atoms with E-state index < -0.39 is 0 Å². The number of nitrogens with zero attached hydrogens (tertiary/aromatic N) is 2. The van der Waals surface area contributed by atoms with Crippen molar-refractivity contribution in [3.8, 4) is 0 Å². The van der Waals surface area contributed by atoms with Crippen LogP contribution in [0.5, 0.6) is 0 Å². The van der Waals surface area contributed by atoms with E-state index in [1.165, 1.54) is 0 Å². The Morgan fingerprint density at radius 2 is 2.27 bits per heavy atom. The lowest BCUT2D eigenvalue weighted by atomic mass is 10.2. The van der Waals surface area contributed by atoms with Gasteiger partial charge in [0.25, 0.3) is 0 Å². The summed E-state index contributed by atoms with van der Waals surface area (Å²) in [5.41, 5.74) is 6.63. The number of aliphatic hydroxyl groups is 1. The Hall–Kier alpha value is -1.13. The number of aliphatic hydroxyl groups excluding tert-OH is 1. The summed E-state index contributed by atoms with van der Waals surface area (Å²) < 4.78 is 0. The molecule has 1 aromatic heterocycles. The van der Waals surface area contributed by atoms with Crippen molar-refractivity contribution in [1.29, 1.82) is 0 Å². The van der Waals surface area contributed by atoms with Gasteiger partial charge in [-0.25, -0.2) is 4.98 Å². The van der Waals surface area contributed by atoms with Crippen molar-refractivity contribution in [2.75, 3.05) is 18.1 Å². The number of pyridine rings is 1. The molecule has 0 radical (unpaired) electrons. The first-order valence-electron chi connectivity index (χ1n) is 5.21. The van der Waals surface area contributed by atoms with Gasteiger partial charge in [-0.2, -0.15) is 0 Å². The van der Waals surface area contributed by atoms with Gasteiger partial charge in [-0.1, -0.05) is 0 Å². The van der Waals surface area contributed by atoms with Crippen LogP contribution in [0.15, 0.2) is 18.3 Å². The van der Waals surface area contributed by atoms with Crippen LogP contribution in [0.2, 0.25) is 0 Å². The molecule has 0 aliphatic heterocycles. The highest BCUT2D eigenvalue weighted by Gasteiger charge is 2.10. The van der Waals surface area contributed by atoms with Crippen molar-refractivity contribution in [2.24, 2.45) is 5.73 Å². The monoisotopic (exact) mass is 209 g/mol. The van der Waals surface area contributed by atoms with Crippen molar-refractivity contribution in [3.63, 3.8) is 0 Å². The van der Waals surface area contributed by atoms with Crippen LogP contribution < -0.4 is 10.6 Å². The molecule has 84 valence electrons. The molecule has 0 aliphatic rings. The molecule has 1 aromatic rings. The summed E-state index contributed by atoms with van der Waals surface area (Å²) in [6.07, 6.45) is 1.75. The Bertz CT molecular complexity index is 302. The summed E-state index contributed by atoms with van der Waals surface area (Å²) in [6.45, 7) is 5.39. The Morgan fingerprint density at radius 1 is 1.53 bits per heavy atom. The van der Waals surface area contributed by atoms with E-state index in [4.69, 9.17) is 10.8 Å². The van der Waals surface area contributed by atoms with Crippen LogP contribution in [0, 0.1) is 0 Å². The van der Waals surface area contributed by atoms with E-state index in [-0.39, 0.29) is 6.61 Å². The van der Waals surface area contributed by atoms with Gasteiger partial charge in [0.05, 0.1) is 6.61 Å². The fraction of sp³-hybridized carbons (Fsp3) is 0.545. The number of hydrogen-bond donors (Lipinski definition) is 2. The van der Waals surface area contributed by atoms with Crippen molar-refractivity contribution in [2.45, 2.75) is 26.4 Å². The molecule has 4 heteroatoms. The summed E-state index contributed by atoms with van der Waals surface area (Å²) in [5.74, 6) is 0.877. The van der Waals surface area contributed by atoms with Crippen LogP contribution in [-0.2, 0) is 6.54 Å². The Morgan fingerprint density at radius 3 is 2.80 bits per heavy atom. The van der Waals surface area contributed by atoms with E-state index in [1.807, 2.05) is 12.1 Å². The second-order valence-corrected chi connectivity index (χ2v) is 3.74. The molecule has 0 saturated carbocycles. The smallest absolute Gasteiger partial charge is 0.129 e. The lowest BCUT2D eigenvalue weighted by molar-refractivity contribution is 0.298. The Balaban J connectivity index is 2.89. The average molecular weight is 209 g/mol. The van der Waals surface area contributed by atoms with Gasteiger partial charge in [-0.15, -0.1) is 0 Å². The third kappa shape index (κ3) is 3.18. The summed E-state index contributed by atoms with van der Waals surface area (Å²) >= 11 is 0. The molecule has 15 heavy (non-hydrogen) atoms. The van der Waals surface area contributed by atoms with E-state index in [2.05, 4.69) is 23.7 Å².